The van der Waals surface area contributed by atoms with E-state index in [1.54, 1.807) is 0 Å². The molecule has 0 saturated heterocycles. The number of nitrogens with zero attached hydrogens (tertiary/aromatic N) is 1. The van der Waals surface area contributed by atoms with Crippen LogP contribution in [0.4, 0.5) is 0 Å². The minimum atomic E-state index is -4.64. The van der Waals surface area contributed by atoms with Gasteiger partial charge in [0.2, 0.25) is 0 Å². The van der Waals surface area contributed by atoms with E-state index in [1.807, 2.05) is 0 Å². The van der Waals surface area contributed by atoms with E-state index >= 15 is 0 Å². The van der Waals surface area contributed by atoms with Crippen LogP contribution in [0.25, 0.3) is 0 Å². The second-order valence-corrected chi connectivity index (χ2v) is 14.0. The van der Waals surface area contributed by atoms with Crippen LogP contribution in [0.2, 0.25) is 5.82 Å². The molecule has 8 heteroatoms. The topological polar surface area (TPSA) is 136 Å². The molecule has 0 bridgehead atoms. The average molecular weight is 331 g/mol. The van der Waals surface area contributed by atoms with E-state index < -0.39 is 56.8 Å². The summed E-state index contributed by atoms with van der Waals surface area (Å²) in [6.07, 6.45) is 0. The number of aliphatic carboxylic acids is 3. The van der Waals surface area contributed by atoms with Gasteiger partial charge < -0.3 is 0 Å². The SMILES string of the molecule is [N]#[Ce]([CH2]C(=O)O)([CH2]C(=O)O)[CH2]C(=O)O. The average Bonchev–Trinajstić information content (AvgIpc) is 1.76. The molecule has 14 heavy (non-hydrogen) atoms. The maximum absolute atomic E-state index is 10.3. The monoisotopic (exact) mass is 331 g/mol. The summed E-state index contributed by atoms with van der Waals surface area (Å²) >= 11 is -4.64. The quantitative estimate of drug-likeness (QED) is 0.668. The van der Waals surface area contributed by atoms with Gasteiger partial charge in [-0.15, -0.1) is 0 Å². The molecule has 0 aliphatic carbocycles. The van der Waals surface area contributed by atoms with Crippen LogP contribution in [0.15, 0.2) is 0 Å². The standard InChI is InChI=1S/3C2H3O2.Ce.N/c3*1-2(3)4;;/h3*1H2,(H,3,4);;. The van der Waals surface area contributed by atoms with Crippen LogP contribution in [0.3, 0.4) is 0 Å². The second-order valence-electron chi connectivity index (χ2n) is 2.94. The van der Waals surface area contributed by atoms with E-state index in [0.717, 1.165) is 0 Å². The fourth-order valence-corrected chi connectivity index (χ4v) is 7.51. The summed E-state index contributed by atoms with van der Waals surface area (Å²) in [5.74, 6) is -4.05. The first-order valence-electron chi connectivity index (χ1n) is 3.63. The second kappa shape index (κ2) is 5.40. The van der Waals surface area contributed by atoms with E-state index in [2.05, 4.69) is 0 Å². The van der Waals surface area contributed by atoms with E-state index in [1.165, 1.54) is 0 Å². The van der Waals surface area contributed by atoms with Crippen LogP contribution in [-0.2, 0) is 14.4 Å². The van der Waals surface area contributed by atoms with Gasteiger partial charge in [-0.3, -0.25) is 0 Å². The van der Waals surface area contributed by atoms with Gasteiger partial charge in [-0.05, 0) is 0 Å². The van der Waals surface area contributed by atoms with E-state index in [0.29, 0.717) is 0 Å². The van der Waals surface area contributed by atoms with Crippen molar-refractivity contribution >= 4 is 17.9 Å². The number of carboxylic acid groups (broad SMARTS) is 3. The van der Waals surface area contributed by atoms with E-state index in [-0.39, 0.29) is 0 Å². The fraction of sp³-hybridized carbons (Fsp3) is 0.500. The number of hydrogen-bond acceptors (Lipinski definition) is 4. The zero-order valence-electron chi connectivity index (χ0n) is 7.13. The molecule has 0 aromatic carbocycles. The molecule has 7 nitrogen and oxygen atoms in total. The van der Waals surface area contributed by atoms with Crippen LogP contribution in [-0.4, -0.2) is 33.2 Å². The van der Waals surface area contributed by atoms with Crippen molar-refractivity contribution in [3.63, 3.8) is 0 Å². The zero-order valence-corrected chi connectivity index (χ0v) is 10.3. The Morgan fingerprint density at radius 3 is 1.21 bits per heavy atom. The molecule has 0 heterocycles. The molecule has 0 saturated carbocycles. The van der Waals surface area contributed by atoms with Gasteiger partial charge in [0.05, 0.1) is 0 Å². The van der Waals surface area contributed by atoms with E-state index in [9.17, 15) is 15.5 Å². The summed E-state index contributed by atoms with van der Waals surface area (Å²) in [6.45, 7) is 0. The molecule has 0 radical (unpaired) electrons. The molecular weight excluding hydrogens is 322 g/mol. The van der Waals surface area contributed by atoms with Gasteiger partial charge in [-0.1, -0.05) is 0 Å². The molecule has 0 aromatic heterocycles. The predicted molar refractivity (Wildman–Crippen MR) is 39.1 cm³/mol. The van der Waals surface area contributed by atoms with Gasteiger partial charge in [0, 0.05) is 0 Å². The molecule has 0 unspecified atom stereocenters. The number of hydrogen-bond donors (Lipinski definition) is 3. The number of carbonyl (C=O) groups is 3. The number of carboxylic acids is 3. The fourth-order valence-electron chi connectivity index (χ4n) is 1.03. The maximum atomic E-state index is 10.3. The summed E-state index contributed by atoms with van der Waals surface area (Å²) in [4.78, 5) is 30.9. The van der Waals surface area contributed by atoms with Crippen molar-refractivity contribution < 1.29 is 62.8 Å². The molecule has 0 spiro atoms. The third kappa shape index (κ3) is 6.03. The Hall–Kier alpha value is -0.503. The molecule has 0 aliphatic rings. The molecular formula is C6H9CeNO6. The first-order valence-corrected chi connectivity index (χ1v) is 11.7. The van der Waals surface area contributed by atoms with Gasteiger partial charge in [-0.25, -0.2) is 0 Å². The summed E-state index contributed by atoms with van der Waals surface area (Å²) in [5.41, 5.74) is 0. The van der Waals surface area contributed by atoms with Crippen molar-refractivity contribution in [2.24, 2.45) is 0 Å². The number of rotatable bonds is 3. The molecule has 0 aliphatic heterocycles. The first-order chi connectivity index (χ1) is 6.25. The summed E-state index contributed by atoms with van der Waals surface area (Å²) in [7, 11) is 0. The van der Waals surface area contributed by atoms with Crippen molar-refractivity contribution in [3.05, 3.63) is 0 Å². The van der Waals surface area contributed by atoms with Crippen LogP contribution in [0, 0.1) is 34.1 Å². The van der Waals surface area contributed by atoms with Crippen molar-refractivity contribution in [1.82, 2.24) is 0 Å². The Morgan fingerprint density at radius 1 is 0.857 bits per heavy atom. The zero-order chi connectivity index (χ0) is 11.4. The van der Waals surface area contributed by atoms with Gasteiger partial charge in [-0.2, -0.15) is 0 Å². The Bertz CT molecular complexity index is 311. The van der Waals surface area contributed by atoms with Crippen LogP contribution >= 0.6 is 0 Å². The molecule has 0 fully saturated rings. The molecule has 3 N–H and O–H groups in total. The minimum absolute atomic E-state index is 0.689. The molecule has 78 valence electrons. The Balaban J connectivity index is 4.69. The third-order valence-electron chi connectivity index (χ3n) is 1.44. The Labute approximate surface area is 86.8 Å². The summed E-state index contributed by atoms with van der Waals surface area (Å²) < 4.78 is 7.54. The van der Waals surface area contributed by atoms with Gasteiger partial charge in [0.25, 0.3) is 0 Å². The normalized spacial score (nSPS) is 9.64. The van der Waals surface area contributed by atoms with Crippen LogP contribution < -0.4 is 0 Å². The summed E-state index contributed by atoms with van der Waals surface area (Å²) in [6, 6.07) is 0. The predicted octanol–water partition coefficient (Wildman–Crippen LogP) is 0.131. The van der Waals surface area contributed by atoms with Gasteiger partial charge >= 0.3 is 87.6 Å². The van der Waals surface area contributed by atoms with Crippen molar-refractivity contribution in [1.29, 1.82) is 1.09 Å². The Morgan fingerprint density at radius 2 is 1.07 bits per heavy atom. The molecule has 0 amide bonds. The third-order valence-corrected chi connectivity index (χ3v) is 10.5. The molecule has 0 atom stereocenters. The Kier molecular flexibility index (Phi) is 5.20. The first kappa shape index (κ1) is 13.5. The van der Waals surface area contributed by atoms with Gasteiger partial charge in [0.15, 0.2) is 0 Å². The van der Waals surface area contributed by atoms with Crippen molar-refractivity contribution in [2.45, 2.75) is 5.82 Å². The summed E-state index contributed by atoms with van der Waals surface area (Å²) in [5, 5.41) is 25.2. The van der Waals surface area contributed by atoms with Crippen LogP contribution in [0.1, 0.15) is 0 Å². The van der Waals surface area contributed by atoms with Gasteiger partial charge in [0.1, 0.15) is 0 Å². The molecule has 0 rings (SSSR count). The van der Waals surface area contributed by atoms with E-state index in [4.69, 9.17) is 15.3 Å². The van der Waals surface area contributed by atoms with Crippen molar-refractivity contribution in [2.75, 3.05) is 0 Å². The van der Waals surface area contributed by atoms with Crippen molar-refractivity contribution in [3.8, 4) is 0 Å². The van der Waals surface area contributed by atoms with Crippen LogP contribution in [0.5, 0.6) is 0 Å². The molecule has 0 aromatic rings.